The lowest BCUT2D eigenvalue weighted by Crippen LogP contribution is -2.10. The van der Waals surface area contributed by atoms with Gasteiger partial charge >= 0.3 is 0 Å². The van der Waals surface area contributed by atoms with Gasteiger partial charge in [-0.2, -0.15) is 0 Å². The number of aromatic nitrogens is 2. The first-order valence-electron chi connectivity index (χ1n) is 6.87. The number of nitrogens with zero attached hydrogens (tertiary/aromatic N) is 3. The lowest BCUT2D eigenvalue weighted by molar-refractivity contribution is 0.923. The van der Waals surface area contributed by atoms with Gasteiger partial charge in [-0.05, 0) is 30.3 Å². The summed E-state index contributed by atoms with van der Waals surface area (Å²) in [5.74, 6) is 0. The van der Waals surface area contributed by atoms with Crippen LogP contribution in [0.1, 0.15) is 17.0 Å². The maximum Gasteiger partial charge on any atom is 0.130 e. The van der Waals surface area contributed by atoms with E-state index in [1.165, 1.54) is 0 Å². The van der Waals surface area contributed by atoms with E-state index in [0.29, 0.717) is 16.7 Å². The topological polar surface area (TPSA) is 30.2 Å². The summed E-state index contributed by atoms with van der Waals surface area (Å²) < 4.78 is 2.09. The largest absolute Gasteiger partial charge is 0.317 e. The summed E-state index contributed by atoms with van der Waals surface area (Å²) in [6, 6.07) is 15.5. The van der Waals surface area contributed by atoms with Crippen molar-refractivity contribution in [3.8, 4) is 5.69 Å². The van der Waals surface area contributed by atoms with Crippen LogP contribution < -0.4 is 0 Å². The van der Waals surface area contributed by atoms with E-state index in [4.69, 9.17) is 28.2 Å². The van der Waals surface area contributed by atoms with Crippen molar-refractivity contribution in [3.05, 3.63) is 81.9 Å². The first-order valence-corrected chi connectivity index (χ1v) is 7.62. The summed E-state index contributed by atoms with van der Waals surface area (Å²) in [5, 5.41) is 1.09. The maximum absolute atomic E-state index is 6.35. The molecule has 3 heterocycles. The highest BCUT2D eigenvalue weighted by atomic mass is 35.5. The average molecular weight is 328 g/mol. The molecule has 0 saturated heterocycles. The van der Waals surface area contributed by atoms with Gasteiger partial charge in [-0.1, -0.05) is 41.4 Å². The minimum absolute atomic E-state index is 0.439. The molecule has 0 N–H and O–H groups in total. The SMILES string of the molecule is Clc1ccc2c(n1)C(c1ccccc1Cl)=NCc1cccn1-2. The molecular weight excluding hydrogens is 317 g/mol. The Bertz CT molecular complexity index is 896. The van der Waals surface area contributed by atoms with Gasteiger partial charge < -0.3 is 4.57 Å². The highest BCUT2D eigenvalue weighted by Crippen LogP contribution is 2.28. The van der Waals surface area contributed by atoms with E-state index in [1.54, 1.807) is 6.07 Å². The molecule has 0 amide bonds. The molecule has 0 aliphatic carbocycles. The van der Waals surface area contributed by atoms with Crippen molar-refractivity contribution in [1.82, 2.24) is 9.55 Å². The Labute approximate surface area is 137 Å². The van der Waals surface area contributed by atoms with Crippen LogP contribution in [0.2, 0.25) is 10.2 Å². The molecule has 3 nitrogen and oxygen atoms in total. The molecule has 4 rings (SSSR count). The number of fused-ring (bicyclic) bond motifs is 3. The molecule has 0 radical (unpaired) electrons. The second-order valence-corrected chi connectivity index (χ2v) is 5.81. The Morgan fingerprint density at radius 3 is 2.68 bits per heavy atom. The molecule has 1 aliphatic rings. The number of pyridine rings is 1. The molecular formula is C17H11Cl2N3. The number of hydrogen-bond acceptors (Lipinski definition) is 2. The van der Waals surface area contributed by atoms with Gasteiger partial charge in [0.2, 0.25) is 0 Å². The summed E-state index contributed by atoms with van der Waals surface area (Å²) in [6.07, 6.45) is 2.01. The number of hydrogen-bond donors (Lipinski definition) is 0. The fourth-order valence-corrected chi connectivity index (χ4v) is 3.05. The van der Waals surface area contributed by atoms with Gasteiger partial charge in [0.1, 0.15) is 10.8 Å². The third kappa shape index (κ3) is 2.14. The Kier molecular flexibility index (Phi) is 3.25. The van der Waals surface area contributed by atoms with Crippen LogP contribution in [0.15, 0.2) is 59.7 Å². The summed E-state index contributed by atoms with van der Waals surface area (Å²) >= 11 is 12.5. The third-order valence-electron chi connectivity index (χ3n) is 3.69. The molecule has 0 atom stereocenters. The number of aliphatic imine (C=N–C) groups is 1. The van der Waals surface area contributed by atoms with Crippen LogP contribution in [0, 0.1) is 0 Å². The van der Waals surface area contributed by atoms with Crippen molar-refractivity contribution >= 4 is 28.9 Å². The summed E-state index contributed by atoms with van der Waals surface area (Å²) in [6.45, 7) is 0.571. The number of halogens is 2. The zero-order valence-corrected chi connectivity index (χ0v) is 13.0. The molecule has 0 bridgehead atoms. The van der Waals surface area contributed by atoms with Crippen molar-refractivity contribution in [2.24, 2.45) is 4.99 Å². The predicted molar refractivity (Wildman–Crippen MR) is 89.4 cm³/mol. The molecule has 3 aromatic rings. The standard InChI is InChI=1S/C17H11Cl2N3/c18-13-6-2-1-5-12(13)16-17-14(7-8-15(19)21-17)22-9-3-4-11(22)10-20-16/h1-9H,10H2. The lowest BCUT2D eigenvalue weighted by atomic mass is 10.1. The first kappa shape index (κ1) is 13.6. The summed E-state index contributed by atoms with van der Waals surface area (Å²) in [5.41, 5.74) is 4.45. The average Bonchev–Trinajstić information content (AvgIpc) is 2.92. The quantitative estimate of drug-likeness (QED) is 0.604. The van der Waals surface area contributed by atoms with Crippen molar-refractivity contribution in [2.75, 3.05) is 0 Å². The van der Waals surface area contributed by atoms with Gasteiger partial charge in [0.05, 0.1) is 23.0 Å². The van der Waals surface area contributed by atoms with Crippen LogP contribution in [0.4, 0.5) is 0 Å². The highest BCUT2D eigenvalue weighted by Gasteiger charge is 2.21. The molecule has 2 aromatic heterocycles. The molecule has 108 valence electrons. The van der Waals surface area contributed by atoms with Crippen molar-refractivity contribution < 1.29 is 0 Å². The zero-order valence-electron chi connectivity index (χ0n) is 11.5. The zero-order chi connectivity index (χ0) is 15.1. The van der Waals surface area contributed by atoms with E-state index in [2.05, 4.69) is 15.6 Å². The van der Waals surface area contributed by atoms with Crippen molar-refractivity contribution in [3.63, 3.8) is 0 Å². The fraction of sp³-hybridized carbons (Fsp3) is 0.0588. The van der Waals surface area contributed by atoms with E-state index in [9.17, 15) is 0 Å². The van der Waals surface area contributed by atoms with Gasteiger partial charge in [0, 0.05) is 17.5 Å². The highest BCUT2D eigenvalue weighted by molar-refractivity contribution is 6.35. The van der Waals surface area contributed by atoms with Crippen LogP contribution in [-0.2, 0) is 6.54 Å². The van der Waals surface area contributed by atoms with Gasteiger partial charge in [-0.3, -0.25) is 4.99 Å². The molecule has 5 heteroatoms. The van der Waals surface area contributed by atoms with Crippen molar-refractivity contribution in [2.45, 2.75) is 6.54 Å². The van der Waals surface area contributed by atoms with E-state index >= 15 is 0 Å². The van der Waals surface area contributed by atoms with E-state index in [-0.39, 0.29) is 0 Å². The summed E-state index contributed by atoms with van der Waals surface area (Å²) in [4.78, 5) is 9.25. The Morgan fingerprint density at radius 1 is 0.955 bits per heavy atom. The first-order chi connectivity index (χ1) is 10.7. The number of benzene rings is 1. The molecule has 0 saturated carbocycles. The normalized spacial score (nSPS) is 13.1. The van der Waals surface area contributed by atoms with Crippen LogP contribution in [0.5, 0.6) is 0 Å². The fourth-order valence-electron chi connectivity index (χ4n) is 2.68. The van der Waals surface area contributed by atoms with Gasteiger partial charge in [0.25, 0.3) is 0 Å². The van der Waals surface area contributed by atoms with E-state index in [0.717, 1.165) is 28.4 Å². The second kappa shape index (κ2) is 5.27. The Morgan fingerprint density at radius 2 is 1.82 bits per heavy atom. The Hall–Kier alpha value is -2.10. The Balaban J connectivity index is 2.01. The van der Waals surface area contributed by atoms with Gasteiger partial charge in [0.15, 0.2) is 0 Å². The molecule has 1 aliphatic heterocycles. The minimum Gasteiger partial charge on any atom is -0.317 e. The molecule has 22 heavy (non-hydrogen) atoms. The molecule has 0 unspecified atom stereocenters. The third-order valence-corrected chi connectivity index (χ3v) is 4.23. The molecule has 0 spiro atoms. The molecule has 0 fully saturated rings. The minimum atomic E-state index is 0.439. The lowest BCUT2D eigenvalue weighted by Gasteiger charge is -2.12. The van der Waals surface area contributed by atoms with Crippen LogP contribution in [0.25, 0.3) is 5.69 Å². The monoisotopic (exact) mass is 327 g/mol. The summed E-state index contributed by atoms with van der Waals surface area (Å²) in [7, 11) is 0. The van der Waals surface area contributed by atoms with E-state index in [1.807, 2.05) is 42.6 Å². The molecule has 1 aromatic carbocycles. The van der Waals surface area contributed by atoms with Gasteiger partial charge in [-0.25, -0.2) is 4.98 Å². The maximum atomic E-state index is 6.35. The number of rotatable bonds is 1. The van der Waals surface area contributed by atoms with Gasteiger partial charge in [-0.15, -0.1) is 0 Å². The second-order valence-electron chi connectivity index (χ2n) is 5.02. The van der Waals surface area contributed by atoms with Crippen LogP contribution in [-0.4, -0.2) is 15.3 Å². The van der Waals surface area contributed by atoms with Crippen LogP contribution in [0.3, 0.4) is 0 Å². The predicted octanol–water partition coefficient (Wildman–Crippen LogP) is 4.53. The van der Waals surface area contributed by atoms with Crippen molar-refractivity contribution in [1.29, 1.82) is 0 Å². The van der Waals surface area contributed by atoms with Crippen LogP contribution >= 0.6 is 23.2 Å². The van der Waals surface area contributed by atoms with E-state index < -0.39 is 0 Å². The smallest absolute Gasteiger partial charge is 0.130 e.